The molecule has 0 fully saturated rings. The Kier molecular flexibility index (Phi) is 4.40. The minimum absolute atomic E-state index is 0.505. The molecule has 1 aromatic carbocycles. The molecule has 1 amide bonds. The topological polar surface area (TPSA) is 84.7 Å². The van der Waals surface area contributed by atoms with E-state index in [-0.39, 0.29) is 0 Å². The van der Waals surface area contributed by atoms with E-state index in [4.69, 9.17) is 5.73 Å². The third-order valence-corrected chi connectivity index (χ3v) is 2.72. The molecule has 2 aromatic heterocycles. The van der Waals surface area contributed by atoms with Crippen molar-refractivity contribution in [1.29, 1.82) is 0 Å². The second-order valence-corrected chi connectivity index (χ2v) is 4.21. The summed E-state index contributed by atoms with van der Waals surface area (Å²) in [6.07, 6.45) is 0.614. The lowest BCUT2D eigenvalue weighted by molar-refractivity contribution is -0.137. The summed E-state index contributed by atoms with van der Waals surface area (Å²) in [5, 5.41) is 1.05. The van der Waals surface area contributed by atoms with Gasteiger partial charge in [-0.25, -0.2) is 9.97 Å². The van der Waals surface area contributed by atoms with Crippen molar-refractivity contribution in [2.45, 2.75) is 6.18 Å². The Labute approximate surface area is 123 Å². The normalized spacial score (nSPS) is 10.9. The highest BCUT2D eigenvalue weighted by Gasteiger charge is 2.34. The SMILES string of the molecule is NC(=O)c1ccccc1C(F)(F)F.c1ncc2cc[nH]c2n1. The zero-order chi connectivity index (χ0) is 16.2. The quantitative estimate of drug-likeness (QED) is 0.725. The van der Waals surface area contributed by atoms with Gasteiger partial charge in [0.05, 0.1) is 11.1 Å². The first-order valence-corrected chi connectivity index (χ1v) is 6.08. The molecular weight excluding hydrogens is 297 g/mol. The summed E-state index contributed by atoms with van der Waals surface area (Å²) in [5.74, 6) is -1.08. The average Bonchev–Trinajstić information content (AvgIpc) is 2.95. The molecule has 3 aromatic rings. The van der Waals surface area contributed by atoms with Gasteiger partial charge in [0.1, 0.15) is 12.0 Å². The van der Waals surface area contributed by atoms with Gasteiger partial charge in [-0.2, -0.15) is 13.2 Å². The first kappa shape index (κ1) is 15.5. The Morgan fingerprint density at radius 1 is 1.18 bits per heavy atom. The van der Waals surface area contributed by atoms with Crippen molar-refractivity contribution >= 4 is 16.9 Å². The largest absolute Gasteiger partial charge is 0.417 e. The lowest BCUT2D eigenvalue weighted by Crippen LogP contribution is -2.18. The van der Waals surface area contributed by atoms with Crippen molar-refractivity contribution < 1.29 is 18.0 Å². The molecule has 0 aliphatic carbocycles. The van der Waals surface area contributed by atoms with Crippen LogP contribution in [0.25, 0.3) is 11.0 Å². The highest BCUT2D eigenvalue weighted by Crippen LogP contribution is 2.31. The number of primary amides is 1. The molecule has 0 spiro atoms. The van der Waals surface area contributed by atoms with Gasteiger partial charge in [0.25, 0.3) is 0 Å². The molecule has 3 rings (SSSR count). The average molecular weight is 308 g/mol. The van der Waals surface area contributed by atoms with Crippen LogP contribution in [0.5, 0.6) is 0 Å². The van der Waals surface area contributed by atoms with Crippen molar-refractivity contribution in [2.24, 2.45) is 5.73 Å². The summed E-state index contributed by atoms with van der Waals surface area (Å²) in [6, 6.07) is 6.34. The number of carbonyl (C=O) groups is 1. The van der Waals surface area contributed by atoms with Gasteiger partial charge in [0, 0.05) is 17.8 Å². The number of hydrogen-bond donors (Lipinski definition) is 2. The van der Waals surface area contributed by atoms with E-state index in [1.807, 2.05) is 12.3 Å². The van der Waals surface area contributed by atoms with Crippen molar-refractivity contribution in [3.63, 3.8) is 0 Å². The maximum atomic E-state index is 12.2. The minimum Gasteiger partial charge on any atom is -0.366 e. The third kappa shape index (κ3) is 3.60. The number of halogens is 3. The van der Waals surface area contributed by atoms with Gasteiger partial charge in [0.15, 0.2) is 0 Å². The van der Waals surface area contributed by atoms with E-state index in [0.717, 1.165) is 23.2 Å². The first-order chi connectivity index (χ1) is 10.4. The van der Waals surface area contributed by atoms with Gasteiger partial charge >= 0.3 is 6.18 Å². The van der Waals surface area contributed by atoms with E-state index >= 15 is 0 Å². The molecule has 22 heavy (non-hydrogen) atoms. The number of nitrogens with two attached hydrogens (primary N) is 1. The fourth-order valence-corrected chi connectivity index (χ4v) is 1.74. The number of fused-ring (bicyclic) bond motifs is 1. The van der Waals surface area contributed by atoms with Gasteiger partial charge < -0.3 is 10.7 Å². The van der Waals surface area contributed by atoms with Gasteiger partial charge in [-0.05, 0) is 18.2 Å². The minimum atomic E-state index is -4.54. The van der Waals surface area contributed by atoms with Gasteiger partial charge in [-0.15, -0.1) is 0 Å². The second-order valence-electron chi connectivity index (χ2n) is 4.21. The Morgan fingerprint density at radius 2 is 1.91 bits per heavy atom. The summed E-state index contributed by atoms with van der Waals surface area (Å²) in [5.41, 5.74) is 4.16. The molecule has 2 heterocycles. The van der Waals surface area contributed by atoms with Crippen LogP contribution in [0, 0.1) is 0 Å². The molecular formula is C14H11F3N4O. The first-order valence-electron chi connectivity index (χ1n) is 6.08. The lowest BCUT2D eigenvalue weighted by atomic mass is 10.1. The molecule has 114 valence electrons. The smallest absolute Gasteiger partial charge is 0.366 e. The van der Waals surface area contributed by atoms with E-state index in [9.17, 15) is 18.0 Å². The van der Waals surface area contributed by atoms with Crippen LogP contribution >= 0.6 is 0 Å². The molecule has 0 saturated heterocycles. The van der Waals surface area contributed by atoms with Gasteiger partial charge in [-0.3, -0.25) is 4.79 Å². The second kappa shape index (κ2) is 6.25. The summed E-state index contributed by atoms with van der Waals surface area (Å²) in [7, 11) is 0. The number of rotatable bonds is 1. The monoisotopic (exact) mass is 308 g/mol. The van der Waals surface area contributed by atoms with Crippen LogP contribution in [-0.2, 0) is 6.18 Å². The third-order valence-electron chi connectivity index (χ3n) is 2.72. The number of H-pyrrole nitrogens is 1. The number of hydrogen-bond acceptors (Lipinski definition) is 3. The van der Waals surface area contributed by atoms with E-state index in [2.05, 4.69) is 15.0 Å². The molecule has 0 saturated carbocycles. The standard InChI is InChI=1S/C8H6F3NO.C6H5N3/c9-8(10,11)6-4-2-1-3-5(6)7(12)13;1-2-8-6-5(1)3-7-4-9-6/h1-4H,(H2,12,13);1-4H,(H,7,8,9). The van der Waals surface area contributed by atoms with Crippen LogP contribution in [-0.4, -0.2) is 20.9 Å². The molecule has 0 aliphatic heterocycles. The predicted octanol–water partition coefficient (Wildman–Crippen LogP) is 2.76. The van der Waals surface area contributed by atoms with Crippen LogP contribution in [0.3, 0.4) is 0 Å². The number of benzene rings is 1. The summed E-state index contributed by atoms with van der Waals surface area (Å²) >= 11 is 0. The van der Waals surface area contributed by atoms with Crippen LogP contribution in [0.2, 0.25) is 0 Å². The molecule has 0 atom stereocenters. The zero-order valence-corrected chi connectivity index (χ0v) is 11.1. The fourth-order valence-electron chi connectivity index (χ4n) is 1.74. The van der Waals surface area contributed by atoms with Crippen LogP contribution < -0.4 is 5.73 Å². The maximum absolute atomic E-state index is 12.2. The van der Waals surface area contributed by atoms with Gasteiger partial charge in [0.2, 0.25) is 5.91 Å². The van der Waals surface area contributed by atoms with E-state index in [0.29, 0.717) is 0 Å². The maximum Gasteiger partial charge on any atom is 0.417 e. The summed E-state index contributed by atoms with van der Waals surface area (Å²) in [6.45, 7) is 0. The van der Waals surface area contributed by atoms with Crippen molar-refractivity contribution in [3.05, 3.63) is 60.2 Å². The zero-order valence-electron chi connectivity index (χ0n) is 11.1. The molecule has 5 nitrogen and oxygen atoms in total. The summed E-state index contributed by atoms with van der Waals surface area (Å²) in [4.78, 5) is 21.4. The van der Waals surface area contributed by atoms with Crippen molar-refractivity contribution in [3.8, 4) is 0 Å². The molecule has 0 unspecified atom stereocenters. The Balaban J connectivity index is 0.000000170. The number of nitrogens with one attached hydrogen (secondary N) is 1. The number of amides is 1. The number of alkyl halides is 3. The van der Waals surface area contributed by atoms with Gasteiger partial charge in [-0.1, -0.05) is 12.1 Å². The van der Waals surface area contributed by atoms with Crippen molar-refractivity contribution in [2.75, 3.05) is 0 Å². The molecule has 0 bridgehead atoms. The van der Waals surface area contributed by atoms with Crippen LogP contribution in [0.15, 0.2) is 49.1 Å². The molecule has 3 N–H and O–H groups in total. The Bertz CT molecular complexity index is 753. The number of carbonyl (C=O) groups excluding carboxylic acids is 1. The molecule has 0 aliphatic rings. The van der Waals surface area contributed by atoms with E-state index < -0.39 is 23.2 Å². The molecule has 8 heteroatoms. The van der Waals surface area contributed by atoms with Crippen LogP contribution in [0.4, 0.5) is 13.2 Å². The van der Waals surface area contributed by atoms with Crippen LogP contribution in [0.1, 0.15) is 15.9 Å². The Hall–Kier alpha value is -2.90. The predicted molar refractivity (Wildman–Crippen MR) is 73.9 cm³/mol. The highest BCUT2D eigenvalue weighted by molar-refractivity contribution is 5.94. The van der Waals surface area contributed by atoms with Crippen molar-refractivity contribution in [1.82, 2.24) is 15.0 Å². The number of aromatic amines is 1. The van der Waals surface area contributed by atoms with E-state index in [1.54, 1.807) is 6.20 Å². The summed E-state index contributed by atoms with van der Waals surface area (Å²) < 4.78 is 36.6. The number of nitrogens with zero attached hydrogens (tertiary/aromatic N) is 2. The lowest BCUT2D eigenvalue weighted by Gasteiger charge is -2.09. The highest BCUT2D eigenvalue weighted by atomic mass is 19.4. The Morgan fingerprint density at radius 3 is 2.50 bits per heavy atom. The fraction of sp³-hybridized carbons (Fsp3) is 0.0714. The van der Waals surface area contributed by atoms with E-state index in [1.165, 1.54) is 18.5 Å². The number of aromatic nitrogens is 3. The molecule has 0 radical (unpaired) electrons.